The van der Waals surface area contributed by atoms with E-state index in [9.17, 15) is 14.4 Å². The zero-order chi connectivity index (χ0) is 10.3. The maximum atomic E-state index is 10.2. The van der Waals surface area contributed by atoms with E-state index < -0.39 is 5.91 Å². The van der Waals surface area contributed by atoms with Crippen molar-refractivity contribution in [2.24, 2.45) is 5.73 Å². The van der Waals surface area contributed by atoms with E-state index in [2.05, 4.69) is 17.0 Å². The number of esters is 2. The summed E-state index contributed by atoms with van der Waals surface area (Å²) in [6, 6.07) is 0. The molecule has 13 heavy (non-hydrogen) atoms. The maximum Gasteiger partial charge on any atom is 0.313 e. The summed E-state index contributed by atoms with van der Waals surface area (Å²) in [5.41, 5.74) is 4.53. The Morgan fingerprint density at radius 1 is 1.38 bits per heavy atom. The van der Waals surface area contributed by atoms with Crippen LogP contribution in [0.2, 0.25) is 0 Å². The van der Waals surface area contributed by atoms with Crippen LogP contribution in [0.15, 0.2) is 12.7 Å². The van der Waals surface area contributed by atoms with Gasteiger partial charge in [-0.3, -0.25) is 14.4 Å². The number of cyclic esters (lactones) is 2. The summed E-state index contributed by atoms with van der Waals surface area (Å²) in [4.78, 5) is 29.9. The van der Waals surface area contributed by atoms with Crippen molar-refractivity contribution in [1.82, 2.24) is 0 Å². The molecule has 72 valence electrons. The molecule has 1 heterocycles. The lowest BCUT2D eigenvalue weighted by molar-refractivity contribution is -0.163. The van der Waals surface area contributed by atoms with Gasteiger partial charge in [0.25, 0.3) is 0 Å². The third-order valence-electron chi connectivity index (χ3n) is 1.19. The summed E-state index contributed by atoms with van der Waals surface area (Å²) >= 11 is 0. The Kier molecular flexibility index (Phi) is 5.18. The fourth-order valence-electron chi connectivity index (χ4n) is 0.606. The molecule has 5 heteroatoms. The van der Waals surface area contributed by atoms with E-state index >= 15 is 0 Å². The molecule has 2 N–H and O–H groups in total. The average Bonchev–Trinajstić information content (AvgIpc) is 2.05. The normalized spacial score (nSPS) is 15.1. The Labute approximate surface area is 75.5 Å². The first-order chi connectivity index (χ1) is 6.06. The van der Waals surface area contributed by atoms with Gasteiger partial charge in [-0.1, -0.05) is 6.58 Å². The van der Waals surface area contributed by atoms with E-state index in [4.69, 9.17) is 0 Å². The predicted molar refractivity (Wildman–Crippen MR) is 44.3 cm³/mol. The standard InChI is InChI=1S/C5H6O3.C3H5NO/c6-4-2-1-3-5(7)8-4;1-2-3(4)5/h1-3H2;2H,1H2,(H2,4,5). The monoisotopic (exact) mass is 185 g/mol. The van der Waals surface area contributed by atoms with Crippen molar-refractivity contribution in [3.8, 4) is 0 Å². The average molecular weight is 185 g/mol. The third kappa shape index (κ3) is 6.74. The number of hydrogen-bond acceptors (Lipinski definition) is 4. The molecule has 0 aromatic carbocycles. The van der Waals surface area contributed by atoms with Gasteiger partial charge in [-0.15, -0.1) is 0 Å². The molecule has 0 unspecified atom stereocenters. The fourth-order valence-corrected chi connectivity index (χ4v) is 0.606. The minimum absolute atomic E-state index is 0.388. The smallest absolute Gasteiger partial charge is 0.313 e. The van der Waals surface area contributed by atoms with Crippen molar-refractivity contribution in [2.75, 3.05) is 0 Å². The van der Waals surface area contributed by atoms with Gasteiger partial charge in [0.05, 0.1) is 0 Å². The summed E-state index contributed by atoms with van der Waals surface area (Å²) in [6.07, 6.45) is 2.50. The Hall–Kier alpha value is -1.65. The summed E-state index contributed by atoms with van der Waals surface area (Å²) < 4.78 is 4.21. The molecular weight excluding hydrogens is 174 g/mol. The SMILES string of the molecule is C=CC(N)=O.O=C1CCCC(=O)O1. The van der Waals surface area contributed by atoms with E-state index in [0.717, 1.165) is 6.08 Å². The van der Waals surface area contributed by atoms with Crippen molar-refractivity contribution < 1.29 is 19.1 Å². The molecule has 5 nitrogen and oxygen atoms in total. The molecule has 0 aromatic rings. The van der Waals surface area contributed by atoms with E-state index in [1.165, 1.54) is 0 Å². The van der Waals surface area contributed by atoms with Crippen LogP contribution in [0.5, 0.6) is 0 Å². The number of rotatable bonds is 1. The van der Waals surface area contributed by atoms with Crippen LogP contribution in [0.25, 0.3) is 0 Å². The number of amides is 1. The van der Waals surface area contributed by atoms with Gasteiger partial charge in [-0.2, -0.15) is 0 Å². The lowest BCUT2D eigenvalue weighted by atomic mass is 10.2. The third-order valence-corrected chi connectivity index (χ3v) is 1.19. The molecule has 0 bridgehead atoms. The number of hydrogen-bond donors (Lipinski definition) is 1. The van der Waals surface area contributed by atoms with E-state index in [-0.39, 0.29) is 11.9 Å². The lowest BCUT2D eigenvalue weighted by Gasteiger charge is -2.06. The second-order valence-corrected chi connectivity index (χ2v) is 2.31. The Morgan fingerprint density at radius 2 is 1.77 bits per heavy atom. The molecule has 0 radical (unpaired) electrons. The summed E-state index contributed by atoms with van der Waals surface area (Å²) in [7, 11) is 0. The highest BCUT2D eigenvalue weighted by molar-refractivity contribution is 5.87. The summed E-state index contributed by atoms with van der Waals surface area (Å²) in [5.74, 6) is -1.26. The van der Waals surface area contributed by atoms with E-state index in [0.29, 0.717) is 19.3 Å². The second kappa shape index (κ2) is 5.93. The molecule has 1 fully saturated rings. The van der Waals surface area contributed by atoms with Crippen molar-refractivity contribution in [1.29, 1.82) is 0 Å². The predicted octanol–water partition coefficient (Wildman–Crippen LogP) is -0.102. The highest BCUT2D eigenvalue weighted by Crippen LogP contribution is 2.06. The van der Waals surface area contributed by atoms with Gasteiger partial charge in [0, 0.05) is 12.8 Å². The zero-order valence-electron chi connectivity index (χ0n) is 7.12. The second-order valence-electron chi connectivity index (χ2n) is 2.31. The molecule has 1 amide bonds. The molecule has 0 saturated carbocycles. The quantitative estimate of drug-likeness (QED) is 0.351. The van der Waals surface area contributed by atoms with Crippen molar-refractivity contribution >= 4 is 17.8 Å². The van der Waals surface area contributed by atoms with Gasteiger partial charge in [-0.25, -0.2) is 0 Å². The van der Waals surface area contributed by atoms with Crippen LogP contribution in [0, 0.1) is 0 Å². The highest BCUT2D eigenvalue weighted by Gasteiger charge is 2.15. The first-order valence-corrected chi connectivity index (χ1v) is 3.71. The molecule has 1 aliphatic heterocycles. The maximum absolute atomic E-state index is 10.2. The zero-order valence-corrected chi connectivity index (χ0v) is 7.12. The fraction of sp³-hybridized carbons (Fsp3) is 0.375. The Morgan fingerprint density at radius 3 is 1.92 bits per heavy atom. The molecule has 1 aliphatic rings. The van der Waals surface area contributed by atoms with Crippen LogP contribution in [0.3, 0.4) is 0 Å². The molecule has 0 aliphatic carbocycles. The Balaban J connectivity index is 0.000000252. The van der Waals surface area contributed by atoms with Crippen LogP contribution in [0.1, 0.15) is 19.3 Å². The Bertz CT molecular complexity index is 220. The van der Waals surface area contributed by atoms with Gasteiger partial charge >= 0.3 is 11.9 Å². The van der Waals surface area contributed by atoms with Gasteiger partial charge in [0.15, 0.2) is 0 Å². The first-order valence-electron chi connectivity index (χ1n) is 3.71. The number of primary amides is 1. The van der Waals surface area contributed by atoms with Gasteiger partial charge in [0.2, 0.25) is 5.91 Å². The van der Waals surface area contributed by atoms with E-state index in [1.807, 2.05) is 0 Å². The first kappa shape index (κ1) is 11.4. The molecule has 0 aromatic heterocycles. The van der Waals surface area contributed by atoms with Crippen LogP contribution in [0.4, 0.5) is 0 Å². The minimum Gasteiger partial charge on any atom is -0.393 e. The van der Waals surface area contributed by atoms with Crippen molar-refractivity contribution in [3.63, 3.8) is 0 Å². The number of ether oxygens (including phenoxy) is 1. The number of carbonyl (C=O) groups excluding carboxylic acids is 3. The largest absolute Gasteiger partial charge is 0.393 e. The molecular formula is C8H11NO4. The molecule has 0 atom stereocenters. The molecule has 1 rings (SSSR count). The number of nitrogens with two attached hydrogens (primary N) is 1. The van der Waals surface area contributed by atoms with Crippen LogP contribution >= 0.6 is 0 Å². The van der Waals surface area contributed by atoms with Crippen LogP contribution in [-0.2, 0) is 19.1 Å². The van der Waals surface area contributed by atoms with Crippen LogP contribution in [-0.4, -0.2) is 17.8 Å². The molecule has 0 spiro atoms. The summed E-state index contributed by atoms with van der Waals surface area (Å²) in [6.45, 7) is 3.09. The van der Waals surface area contributed by atoms with Gasteiger partial charge in [0.1, 0.15) is 0 Å². The minimum atomic E-state index is -0.481. The van der Waals surface area contributed by atoms with E-state index in [1.54, 1.807) is 0 Å². The summed E-state index contributed by atoms with van der Waals surface area (Å²) in [5, 5.41) is 0. The molecule has 1 saturated heterocycles. The van der Waals surface area contributed by atoms with Crippen LogP contribution < -0.4 is 5.73 Å². The highest BCUT2D eigenvalue weighted by atomic mass is 16.6. The van der Waals surface area contributed by atoms with Crippen molar-refractivity contribution in [3.05, 3.63) is 12.7 Å². The van der Waals surface area contributed by atoms with Gasteiger partial charge in [-0.05, 0) is 12.5 Å². The number of carbonyl (C=O) groups is 3. The lowest BCUT2D eigenvalue weighted by Crippen LogP contribution is -2.17. The topological polar surface area (TPSA) is 86.5 Å². The van der Waals surface area contributed by atoms with Crippen molar-refractivity contribution in [2.45, 2.75) is 19.3 Å². The van der Waals surface area contributed by atoms with Gasteiger partial charge < -0.3 is 10.5 Å².